The summed E-state index contributed by atoms with van der Waals surface area (Å²) in [5, 5.41) is 2.47. The van der Waals surface area contributed by atoms with Gasteiger partial charge in [0.25, 0.3) is 5.91 Å². The van der Waals surface area contributed by atoms with Gasteiger partial charge >= 0.3 is 6.29 Å². The Hall–Kier alpha value is -3.33. The number of amidine groups is 1. The van der Waals surface area contributed by atoms with E-state index in [0.717, 1.165) is 12.1 Å². The van der Waals surface area contributed by atoms with Gasteiger partial charge < -0.3 is 14.8 Å². The molecule has 6 nitrogen and oxygen atoms in total. The van der Waals surface area contributed by atoms with Gasteiger partial charge in [-0.25, -0.2) is 9.38 Å². The molecule has 0 aromatic heterocycles. The summed E-state index contributed by atoms with van der Waals surface area (Å²) in [6.45, 7) is 4.87. The number of carbonyl (C=O) groups is 1. The molecular weight excluding hydrogens is 411 g/mol. The normalized spacial score (nSPS) is 15.2. The number of hydrogen-bond acceptors (Lipinski definition) is 5. The molecule has 0 aliphatic carbocycles. The molecule has 1 aliphatic heterocycles. The molecule has 29 heavy (non-hydrogen) atoms. The summed E-state index contributed by atoms with van der Waals surface area (Å²) in [4.78, 5) is 19.9. The standard InChI is InChI=1S/C19H13ClF3N3O3/c1-10(26-18(27)11-5-3-4-6-14(11)21)25-9-15(24-2)12-7-16-17(8-13(12)20)29-19(22,23)28-16/h3-9H,2H2,1H3,(H,25,26,27)/b15-9-. The number of hydrogen-bond donors (Lipinski definition) is 1. The lowest BCUT2D eigenvalue weighted by molar-refractivity contribution is -0.286. The summed E-state index contributed by atoms with van der Waals surface area (Å²) in [6, 6.07) is 7.83. The number of nitrogens with one attached hydrogen (secondary N) is 1. The molecule has 2 aromatic carbocycles. The van der Waals surface area contributed by atoms with Crippen molar-refractivity contribution in [1.82, 2.24) is 5.32 Å². The van der Waals surface area contributed by atoms with Gasteiger partial charge in [0.1, 0.15) is 11.7 Å². The molecule has 0 unspecified atom stereocenters. The fourth-order valence-corrected chi connectivity index (χ4v) is 2.68. The summed E-state index contributed by atoms with van der Waals surface area (Å²) in [5.74, 6) is -1.68. The minimum atomic E-state index is -3.79. The van der Waals surface area contributed by atoms with Crippen molar-refractivity contribution in [3.8, 4) is 11.5 Å². The SMILES string of the molecule is C=N/C(=C\N=C(/C)NC(=O)c1ccccc1F)c1cc2c(cc1Cl)OC(F)(F)O2. The lowest BCUT2D eigenvalue weighted by Gasteiger charge is -2.07. The lowest BCUT2D eigenvalue weighted by Crippen LogP contribution is -2.28. The van der Waals surface area contributed by atoms with Crippen LogP contribution in [-0.2, 0) is 0 Å². The lowest BCUT2D eigenvalue weighted by atomic mass is 10.1. The van der Waals surface area contributed by atoms with Gasteiger partial charge in [0.15, 0.2) is 11.5 Å². The average molecular weight is 424 g/mol. The van der Waals surface area contributed by atoms with Crippen LogP contribution in [0.5, 0.6) is 11.5 Å². The predicted molar refractivity (Wildman–Crippen MR) is 102 cm³/mol. The zero-order valence-electron chi connectivity index (χ0n) is 14.9. The van der Waals surface area contributed by atoms with Crippen molar-refractivity contribution in [2.24, 2.45) is 9.98 Å². The molecule has 0 bridgehead atoms. The third kappa shape index (κ3) is 4.57. The Balaban J connectivity index is 1.83. The second kappa shape index (κ2) is 7.96. The molecule has 0 fully saturated rings. The highest BCUT2D eigenvalue weighted by molar-refractivity contribution is 6.32. The molecule has 1 aliphatic rings. The van der Waals surface area contributed by atoms with Crippen LogP contribution in [0.2, 0.25) is 5.02 Å². The Labute approximate surface area is 168 Å². The molecular formula is C19H13ClF3N3O3. The van der Waals surface area contributed by atoms with Gasteiger partial charge in [-0.1, -0.05) is 23.7 Å². The number of aliphatic imine (C=N–C) groups is 2. The van der Waals surface area contributed by atoms with E-state index in [4.69, 9.17) is 11.6 Å². The highest BCUT2D eigenvalue weighted by Crippen LogP contribution is 2.45. The predicted octanol–water partition coefficient (Wildman–Crippen LogP) is 4.65. The van der Waals surface area contributed by atoms with E-state index in [1.165, 1.54) is 37.4 Å². The zero-order valence-corrected chi connectivity index (χ0v) is 15.6. The first-order valence-corrected chi connectivity index (χ1v) is 8.45. The summed E-state index contributed by atoms with van der Waals surface area (Å²) >= 11 is 6.10. The van der Waals surface area contributed by atoms with E-state index in [-0.39, 0.29) is 39.2 Å². The molecule has 0 saturated heterocycles. The van der Waals surface area contributed by atoms with Crippen molar-refractivity contribution in [3.63, 3.8) is 0 Å². The first kappa shape index (κ1) is 20.4. The minimum Gasteiger partial charge on any atom is -0.395 e. The van der Waals surface area contributed by atoms with Crippen LogP contribution in [0.4, 0.5) is 13.2 Å². The largest absolute Gasteiger partial charge is 0.586 e. The number of rotatable bonds is 4. The van der Waals surface area contributed by atoms with Crippen LogP contribution < -0.4 is 14.8 Å². The quantitative estimate of drug-likeness (QED) is 0.575. The van der Waals surface area contributed by atoms with Crippen LogP contribution in [-0.4, -0.2) is 24.8 Å². The number of benzene rings is 2. The molecule has 2 aromatic rings. The van der Waals surface area contributed by atoms with Gasteiger partial charge in [-0.15, -0.1) is 8.78 Å². The van der Waals surface area contributed by atoms with E-state index in [1.807, 2.05) is 0 Å². The summed E-state index contributed by atoms with van der Waals surface area (Å²) < 4.78 is 48.8. The Morgan fingerprint density at radius 1 is 1.21 bits per heavy atom. The topological polar surface area (TPSA) is 72.3 Å². The number of halogens is 4. The molecule has 1 N–H and O–H groups in total. The third-order valence-electron chi connectivity index (χ3n) is 3.73. The molecule has 1 amide bonds. The molecule has 150 valence electrons. The van der Waals surface area contributed by atoms with Gasteiger partial charge in [0.05, 0.1) is 22.5 Å². The maximum Gasteiger partial charge on any atom is 0.586 e. The molecule has 10 heteroatoms. The number of amides is 1. The van der Waals surface area contributed by atoms with Crippen LogP contribution in [0.25, 0.3) is 5.70 Å². The van der Waals surface area contributed by atoms with E-state index >= 15 is 0 Å². The van der Waals surface area contributed by atoms with E-state index in [1.54, 1.807) is 0 Å². The van der Waals surface area contributed by atoms with E-state index < -0.39 is 18.0 Å². The Morgan fingerprint density at radius 2 is 1.86 bits per heavy atom. The van der Waals surface area contributed by atoms with Crippen molar-refractivity contribution in [2.45, 2.75) is 13.2 Å². The monoisotopic (exact) mass is 423 g/mol. The summed E-state index contributed by atoms with van der Waals surface area (Å²) in [7, 11) is 0. The fraction of sp³-hybridized carbons (Fsp3) is 0.105. The van der Waals surface area contributed by atoms with Crippen molar-refractivity contribution >= 4 is 35.8 Å². The first-order chi connectivity index (χ1) is 13.7. The Bertz CT molecular complexity index is 1050. The highest BCUT2D eigenvalue weighted by atomic mass is 35.5. The number of fused-ring (bicyclic) bond motifs is 1. The first-order valence-electron chi connectivity index (χ1n) is 8.07. The van der Waals surface area contributed by atoms with Crippen LogP contribution in [0.3, 0.4) is 0 Å². The van der Waals surface area contributed by atoms with Crippen molar-refractivity contribution in [1.29, 1.82) is 0 Å². The fourth-order valence-electron chi connectivity index (χ4n) is 2.43. The molecule has 0 saturated carbocycles. The van der Waals surface area contributed by atoms with Gasteiger partial charge in [0.2, 0.25) is 0 Å². The second-order valence-electron chi connectivity index (χ2n) is 5.77. The number of ether oxygens (including phenoxy) is 2. The number of alkyl halides is 2. The van der Waals surface area contributed by atoms with Crippen molar-refractivity contribution in [3.05, 3.63) is 64.6 Å². The van der Waals surface area contributed by atoms with Crippen LogP contribution in [0.15, 0.2) is 52.6 Å². The second-order valence-corrected chi connectivity index (χ2v) is 6.17. The molecule has 0 spiro atoms. The smallest absolute Gasteiger partial charge is 0.395 e. The zero-order chi connectivity index (χ0) is 21.2. The molecule has 0 radical (unpaired) electrons. The van der Waals surface area contributed by atoms with Crippen LogP contribution >= 0.6 is 11.6 Å². The van der Waals surface area contributed by atoms with Gasteiger partial charge in [-0.2, -0.15) is 0 Å². The molecule has 0 atom stereocenters. The summed E-state index contributed by atoms with van der Waals surface area (Å²) in [6.07, 6.45) is -2.58. The van der Waals surface area contributed by atoms with E-state index in [9.17, 15) is 18.0 Å². The third-order valence-corrected chi connectivity index (χ3v) is 4.04. The maximum atomic E-state index is 13.7. The number of nitrogens with zero attached hydrogens (tertiary/aromatic N) is 2. The molecule has 3 rings (SSSR count). The van der Waals surface area contributed by atoms with Crippen molar-refractivity contribution < 1.29 is 27.4 Å². The van der Waals surface area contributed by atoms with E-state index in [2.05, 4.69) is 31.5 Å². The van der Waals surface area contributed by atoms with Crippen LogP contribution in [0, 0.1) is 5.82 Å². The maximum absolute atomic E-state index is 13.7. The van der Waals surface area contributed by atoms with Gasteiger partial charge in [0, 0.05) is 11.6 Å². The van der Waals surface area contributed by atoms with Crippen LogP contribution in [0.1, 0.15) is 22.8 Å². The highest BCUT2D eigenvalue weighted by Gasteiger charge is 2.43. The molecule has 1 heterocycles. The van der Waals surface area contributed by atoms with Crippen molar-refractivity contribution in [2.75, 3.05) is 0 Å². The summed E-state index contributed by atoms with van der Waals surface area (Å²) in [5.41, 5.74) is 0.183. The van der Waals surface area contributed by atoms with E-state index in [0.29, 0.717) is 0 Å². The van der Waals surface area contributed by atoms with Gasteiger partial charge in [-0.05, 0) is 31.8 Å². The number of carbonyl (C=O) groups excluding carboxylic acids is 1. The Kier molecular flexibility index (Phi) is 5.60. The van der Waals surface area contributed by atoms with Gasteiger partial charge in [-0.3, -0.25) is 9.79 Å². The minimum absolute atomic E-state index is 0.0481. The average Bonchev–Trinajstić information content (AvgIpc) is 2.95. The Morgan fingerprint density at radius 3 is 2.52 bits per heavy atom.